The Morgan fingerprint density at radius 3 is 1.40 bits per heavy atom. The van der Waals surface area contributed by atoms with E-state index in [9.17, 15) is 9.13 Å². The fourth-order valence-electron chi connectivity index (χ4n) is 0.655. The van der Waals surface area contributed by atoms with Gasteiger partial charge >= 0.3 is 74.3 Å². The first-order valence-electron chi connectivity index (χ1n) is 3.10. The van der Waals surface area contributed by atoms with Gasteiger partial charge in [-0.2, -0.15) is 0 Å². The molecule has 0 heterocycles. The maximum absolute atomic E-state index is 10.6. The zero-order valence-electron chi connectivity index (χ0n) is 10.4. The predicted octanol–water partition coefficient (Wildman–Crippen LogP) is -7.43. The first-order chi connectivity index (χ1) is 5.56. The van der Waals surface area contributed by atoms with Gasteiger partial charge in [0.1, 0.15) is 0 Å². The summed E-state index contributed by atoms with van der Waals surface area (Å²) in [5, 5.41) is 5.71. The van der Waals surface area contributed by atoms with E-state index in [4.69, 9.17) is 30.4 Å². The molecule has 84 valence electrons. The standard InChI is InChI=1S/C3H11NO7P2.2Na.2H/c4-2-1-3(5,12(6,7)8)13(9,10)11;;;;/h5H,1-2,4H2,(H2,6,7,8)(H2,9,10,11);;;;/q;2*+1;2*-1. The van der Waals surface area contributed by atoms with Crippen molar-refractivity contribution in [3.05, 3.63) is 0 Å². The third-order valence-electron chi connectivity index (χ3n) is 1.41. The van der Waals surface area contributed by atoms with Gasteiger partial charge in [0.05, 0.1) is 0 Å². The molecule has 0 aliphatic heterocycles. The molecular formula is C3H13NNa2O7P2. The van der Waals surface area contributed by atoms with Crippen LogP contribution in [0, 0.1) is 0 Å². The molecule has 0 unspecified atom stereocenters. The van der Waals surface area contributed by atoms with Crippen molar-refractivity contribution in [3.8, 4) is 0 Å². The summed E-state index contributed by atoms with van der Waals surface area (Å²) in [7, 11) is -10.6. The molecule has 0 saturated carbocycles. The average Bonchev–Trinajstić information content (AvgIpc) is 1.82. The molecule has 0 spiro atoms. The SMILES string of the molecule is NCCC(O)(P(=O)(O)O)P(=O)(O)O.[H-].[H-].[Na+].[Na+]. The van der Waals surface area contributed by atoms with E-state index in [-0.39, 0.29) is 62.0 Å². The second-order valence-corrected chi connectivity index (χ2v) is 6.41. The molecular weight excluding hydrogens is 270 g/mol. The Labute approximate surface area is 134 Å². The van der Waals surface area contributed by atoms with Crippen molar-refractivity contribution >= 4 is 15.2 Å². The number of nitrogens with two attached hydrogens (primary N) is 1. The van der Waals surface area contributed by atoms with Crippen LogP contribution in [0.1, 0.15) is 9.27 Å². The van der Waals surface area contributed by atoms with Gasteiger partial charge in [-0.3, -0.25) is 9.13 Å². The Balaban J connectivity index is -0.000000120. The molecule has 0 saturated heterocycles. The number of hydrogen-bond donors (Lipinski definition) is 6. The molecule has 12 heteroatoms. The number of hydrogen-bond acceptors (Lipinski definition) is 4. The van der Waals surface area contributed by atoms with Crippen LogP contribution in [0.25, 0.3) is 0 Å². The summed E-state index contributed by atoms with van der Waals surface area (Å²) in [4.78, 5) is 34.1. The second-order valence-electron chi connectivity index (χ2n) is 2.40. The molecule has 0 bridgehead atoms. The van der Waals surface area contributed by atoms with E-state index < -0.39 is 33.2 Å². The van der Waals surface area contributed by atoms with Crippen LogP contribution in [0.15, 0.2) is 0 Å². The minimum atomic E-state index is -5.31. The smallest absolute Gasteiger partial charge is 1.00 e. The Hall–Kier alpha value is 2.22. The van der Waals surface area contributed by atoms with Crippen molar-refractivity contribution in [1.29, 1.82) is 0 Å². The molecule has 15 heavy (non-hydrogen) atoms. The van der Waals surface area contributed by atoms with Crippen LogP contribution in [-0.2, 0) is 9.13 Å². The van der Waals surface area contributed by atoms with Crippen LogP contribution >= 0.6 is 15.2 Å². The quantitative estimate of drug-likeness (QED) is 0.219. The average molecular weight is 283 g/mol. The van der Waals surface area contributed by atoms with Gasteiger partial charge in [-0.05, 0) is 6.54 Å². The first-order valence-corrected chi connectivity index (χ1v) is 6.32. The molecule has 0 aromatic carbocycles. The fourth-order valence-corrected chi connectivity index (χ4v) is 2.85. The van der Waals surface area contributed by atoms with Crippen molar-refractivity contribution < 1.29 is 95.8 Å². The molecule has 7 N–H and O–H groups in total. The third-order valence-corrected chi connectivity index (χ3v) is 5.29. The molecule has 0 rings (SSSR count). The molecule has 0 aliphatic carbocycles. The minimum Gasteiger partial charge on any atom is -1.00 e. The summed E-state index contributed by atoms with van der Waals surface area (Å²) in [6, 6.07) is 0. The first kappa shape index (κ1) is 22.4. The Bertz CT molecular complexity index is 260. The topological polar surface area (TPSA) is 161 Å². The van der Waals surface area contributed by atoms with Crippen LogP contribution in [0.4, 0.5) is 0 Å². The predicted molar refractivity (Wildman–Crippen MR) is 44.9 cm³/mol. The van der Waals surface area contributed by atoms with Crippen molar-refractivity contribution in [2.75, 3.05) is 6.54 Å². The van der Waals surface area contributed by atoms with Gasteiger partial charge in [-0.15, -0.1) is 0 Å². The Morgan fingerprint density at radius 1 is 1.07 bits per heavy atom. The van der Waals surface area contributed by atoms with Crippen LogP contribution in [-0.4, -0.2) is 36.3 Å². The second kappa shape index (κ2) is 7.61. The van der Waals surface area contributed by atoms with Crippen molar-refractivity contribution in [3.63, 3.8) is 0 Å². The number of aliphatic hydroxyl groups is 1. The van der Waals surface area contributed by atoms with E-state index in [0.717, 1.165) is 0 Å². The fraction of sp³-hybridized carbons (Fsp3) is 1.00. The summed E-state index contributed by atoms with van der Waals surface area (Å²) >= 11 is 0. The molecule has 0 aromatic rings. The van der Waals surface area contributed by atoms with E-state index in [1.807, 2.05) is 0 Å². The van der Waals surface area contributed by atoms with Gasteiger partial charge < -0.3 is 33.3 Å². The molecule has 0 atom stereocenters. The van der Waals surface area contributed by atoms with Crippen LogP contribution in [0.5, 0.6) is 0 Å². The summed E-state index contributed by atoms with van der Waals surface area (Å²) in [6.07, 6.45) is -0.873. The van der Waals surface area contributed by atoms with E-state index in [0.29, 0.717) is 0 Å². The van der Waals surface area contributed by atoms with Gasteiger partial charge in [-0.1, -0.05) is 0 Å². The van der Waals surface area contributed by atoms with Crippen LogP contribution < -0.4 is 64.8 Å². The summed E-state index contributed by atoms with van der Waals surface area (Å²) in [5.41, 5.74) is 4.86. The maximum atomic E-state index is 10.6. The van der Waals surface area contributed by atoms with Crippen molar-refractivity contribution in [1.82, 2.24) is 0 Å². The van der Waals surface area contributed by atoms with Gasteiger partial charge in [0.2, 0.25) is 0 Å². The third kappa shape index (κ3) is 5.59. The van der Waals surface area contributed by atoms with Crippen LogP contribution in [0.3, 0.4) is 0 Å². The monoisotopic (exact) mass is 283 g/mol. The van der Waals surface area contributed by atoms with Gasteiger partial charge in [0, 0.05) is 6.42 Å². The van der Waals surface area contributed by atoms with E-state index in [1.54, 1.807) is 0 Å². The van der Waals surface area contributed by atoms with Gasteiger partial charge in [-0.25, -0.2) is 0 Å². The van der Waals surface area contributed by atoms with Gasteiger partial charge in [0.25, 0.3) is 5.08 Å². The normalized spacial score (nSPS) is 12.7. The molecule has 0 radical (unpaired) electrons. The van der Waals surface area contributed by atoms with Crippen molar-refractivity contribution in [2.45, 2.75) is 11.5 Å². The summed E-state index contributed by atoms with van der Waals surface area (Å²) < 4.78 is 21.2. The molecule has 0 aliphatic rings. The Kier molecular flexibility index (Phi) is 11.4. The van der Waals surface area contributed by atoms with Crippen molar-refractivity contribution in [2.24, 2.45) is 5.73 Å². The summed E-state index contributed by atoms with van der Waals surface area (Å²) in [5.74, 6) is 0. The zero-order chi connectivity index (χ0) is 10.9. The summed E-state index contributed by atoms with van der Waals surface area (Å²) in [6.45, 7) is -0.452. The largest absolute Gasteiger partial charge is 1.00 e. The maximum Gasteiger partial charge on any atom is 1.00 e. The minimum absolute atomic E-state index is 0. The van der Waals surface area contributed by atoms with E-state index in [1.165, 1.54) is 0 Å². The molecule has 0 aromatic heterocycles. The van der Waals surface area contributed by atoms with E-state index in [2.05, 4.69) is 0 Å². The van der Waals surface area contributed by atoms with E-state index >= 15 is 0 Å². The zero-order valence-corrected chi connectivity index (χ0v) is 14.2. The Morgan fingerprint density at radius 2 is 1.33 bits per heavy atom. The van der Waals surface area contributed by atoms with Gasteiger partial charge in [0.15, 0.2) is 0 Å². The molecule has 8 nitrogen and oxygen atoms in total. The molecule has 0 amide bonds. The molecule has 0 fully saturated rings. The van der Waals surface area contributed by atoms with Crippen LogP contribution in [0.2, 0.25) is 0 Å². The number of rotatable bonds is 4.